The number of hydrogen-bond donors (Lipinski definition) is 1. The fraction of sp³-hybridized carbons (Fsp3) is 0.692. The van der Waals surface area contributed by atoms with E-state index in [0.717, 1.165) is 31.6 Å². The number of aromatic nitrogens is 2. The molecule has 1 rings (SSSR count). The van der Waals surface area contributed by atoms with Crippen molar-refractivity contribution < 1.29 is 4.74 Å². The minimum absolute atomic E-state index is 0.0984. The quantitative estimate of drug-likeness (QED) is 0.707. The standard InChI is InChI=1S/C13H22BrN3O2/c1-3-5-8-19-9-6-15-11-10-16-17(7-4-2)13(18)12(11)14/h10,15H,3-9H2,1-2H3. The molecule has 1 N–H and O–H groups in total. The molecule has 1 aromatic rings. The molecule has 108 valence electrons. The Labute approximate surface area is 122 Å². The van der Waals surface area contributed by atoms with Gasteiger partial charge in [-0.15, -0.1) is 0 Å². The Morgan fingerprint density at radius 2 is 2.16 bits per heavy atom. The summed E-state index contributed by atoms with van der Waals surface area (Å²) in [6, 6.07) is 0. The number of anilines is 1. The second-order valence-corrected chi connectivity index (χ2v) is 5.09. The van der Waals surface area contributed by atoms with E-state index < -0.39 is 0 Å². The van der Waals surface area contributed by atoms with Crippen molar-refractivity contribution in [3.8, 4) is 0 Å². The first-order valence-corrected chi connectivity index (χ1v) is 7.57. The summed E-state index contributed by atoms with van der Waals surface area (Å²) in [5.74, 6) is 0. The predicted octanol–water partition coefficient (Wildman–Crippen LogP) is 2.64. The molecule has 0 aliphatic carbocycles. The molecule has 0 bridgehead atoms. The van der Waals surface area contributed by atoms with Crippen LogP contribution in [0.2, 0.25) is 0 Å². The zero-order valence-electron chi connectivity index (χ0n) is 11.6. The molecule has 0 aliphatic heterocycles. The smallest absolute Gasteiger partial charge is 0.283 e. The van der Waals surface area contributed by atoms with Crippen LogP contribution in [0, 0.1) is 0 Å². The topological polar surface area (TPSA) is 56.1 Å². The zero-order valence-corrected chi connectivity index (χ0v) is 13.2. The summed E-state index contributed by atoms with van der Waals surface area (Å²) >= 11 is 3.32. The second-order valence-electron chi connectivity index (χ2n) is 4.29. The maximum atomic E-state index is 11.9. The fourth-order valence-corrected chi connectivity index (χ4v) is 2.01. The summed E-state index contributed by atoms with van der Waals surface area (Å²) in [5.41, 5.74) is 0.621. The van der Waals surface area contributed by atoms with Crippen LogP contribution in [0.15, 0.2) is 15.5 Å². The molecular formula is C13H22BrN3O2. The van der Waals surface area contributed by atoms with Gasteiger partial charge in [-0.25, -0.2) is 4.68 Å². The van der Waals surface area contributed by atoms with Crippen molar-refractivity contribution in [2.75, 3.05) is 25.1 Å². The minimum Gasteiger partial charge on any atom is -0.380 e. The molecule has 0 spiro atoms. The molecule has 19 heavy (non-hydrogen) atoms. The lowest BCUT2D eigenvalue weighted by atomic mass is 10.4. The number of nitrogens with one attached hydrogen (secondary N) is 1. The van der Waals surface area contributed by atoms with Crippen molar-refractivity contribution in [2.45, 2.75) is 39.7 Å². The molecule has 0 aliphatic rings. The highest BCUT2D eigenvalue weighted by Crippen LogP contribution is 2.15. The van der Waals surface area contributed by atoms with Gasteiger partial charge in [0.25, 0.3) is 5.56 Å². The van der Waals surface area contributed by atoms with Gasteiger partial charge in [0.1, 0.15) is 4.47 Å². The van der Waals surface area contributed by atoms with Gasteiger partial charge in [0.2, 0.25) is 0 Å². The normalized spacial score (nSPS) is 10.7. The first kappa shape index (κ1) is 16.2. The molecule has 0 saturated heterocycles. The second kappa shape index (κ2) is 9.09. The van der Waals surface area contributed by atoms with Crippen LogP contribution >= 0.6 is 15.9 Å². The minimum atomic E-state index is -0.0984. The van der Waals surface area contributed by atoms with E-state index in [-0.39, 0.29) is 5.56 Å². The van der Waals surface area contributed by atoms with Gasteiger partial charge in [0.05, 0.1) is 18.5 Å². The molecule has 6 heteroatoms. The maximum absolute atomic E-state index is 11.9. The van der Waals surface area contributed by atoms with Gasteiger partial charge in [0.15, 0.2) is 0 Å². The van der Waals surface area contributed by atoms with Gasteiger partial charge >= 0.3 is 0 Å². The molecule has 0 amide bonds. The van der Waals surface area contributed by atoms with E-state index in [1.807, 2.05) is 6.92 Å². The lowest BCUT2D eigenvalue weighted by Gasteiger charge is -2.10. The summed E-state index contributed by atoms with van der Waals surface area (Å²) in [6.07, 6.45) is 4.78. The summed E-state index contributed by atoms with van der Waals surface area (Å²) in [7, 11) is 0. The highest BCUT2D eigenvalue weighted by atomic mass is 79.9. The summed E-state index contributed by atoms with van der Waals surface area (Å²) in [4.78, 5) is 11.9. The van der Waals surface area contributed by atoms with Crippen molar-refractivity contribution in [2.24, 2.45) is 0 Å². The van der Waals surface area contributed by atoms with E-state index in [2.05, 4.69) is 33.3 Å². The third-order valence-corrected chi connectivity index (χ3v) is 3.39. The van der Waals surface area contributed by atoms with Crippen LogP contribution in [0.5, 0.6) is 0 Å². The Morgan fingerprint density at radius 1 is 1.37 bits per heavy atom. The Bertz CT molecular complexity index is 434. The van der Waals surface area contributed by atoms with Crippen LogP contribution in [-0.2, 0) is 11.3 Å². The number of nitrogens with zero attached hydrogens (tertiary/aromatic N) is 2. The number of ether oxygens (including phenoxy) is 1. The van der Waals surface area contributed by atoms with Crippen LogP contribution in [0.4, 0.5) is 5.69 Å². The summed E-state index contributed by atoms with van der Waals surface area (Å²) in [5, 5.41) is 7.28. The third-order valence-electron chi connectivity index (χ3n) is 2.62. The van der Waals surface area contributed by atoms with E-state index >= 15 is 0 Å². The van der Waals surface area contributed by atoms with Gasteiger partial charge in [-0.1, -0.05) is 20.3 Å². The summed E-state index contributed by atoms with van der Waals surface area (Å²) in [6.45, 7) is 6.87. The molecular weight excluding hydrogens is 310 g/mol. The van der Waals surface area contributed by atoms with Crippen LogP contribution < -0.4 is 10.9 Å². The van der Waals surface area contributed by atoms with Crippen LogP contribution in [0.25, 0.3) is 0 Å². The fourth-order valence-electron chi connectivity index (χ4n) is 1.57. The van der Waals surface area contributed by atoms with Crippen molar-refractivity contribution in [1.82, 2.24) is 9.78 Å². The van der Waals surface area contributed by atoms with Crippen molar-refractivity contribution in [1.29, 1.82) is 0 Å². The highest BCUT2D eigenvalue weighted by Gasteiger charge is 2.07. The Morgan fingerprint density at radius 3 is 2.84 bits per heavy atom. The van der Waals surface area contributed by atoms with Gasteiger partial charge in [-0.3, -0.25) is 4.79 Å². The lowest BCUT2D eigenvalue weighted by molar-refractivity contribution is 0.141. The molecule has 0 aromatic carbocycles. The number of hydrogen-bond acceptors (Lipinski definition) is 4. The molecule has 0 unspecified atom stereocenters. The van der Waals surface area contributed by atoms with Crippen LogP contribution in [0.3, 0.4) is 0 Å². The van der Waals surface area contributed by atoms with E-state index in [1.54, 1.807) is 6.20 Å². The van der Waals surface area contributed by atoms with Gasteiger partial charge in [-0.05, 0) is 28.8 Å². The molecule has 1 heterocycles. The molecule has 0 fully saturated rings. The number of halogens is 1. The van der Waals surface area contributed by atoms with Gasteiger partial charge in [0, 0.05) is 19.7 Å². The Balaban J connectivity index is 2.46. The Kier molecular flexibility index (Phi) is 7.74. The number of unbranched alkanes of at least 4 members (excludes halogenated alkanes) is 1. The van der Waals surface area contributed by atoms with Crippen molar-refractivity contribution in [3.05, 3.63) is 21.0 Å². The van der Waals surface area contributed by atoms with Gasteiger partial charge < -0.3 is 10.1 Å². The molecule has 0 atom stereocenters. The molecule has 0 saturated carbocycles. The van der Waals surface area contributed by atoms with Crippen molar-refractivity contribution in [3.63, 3.8) is 0 Å². The third kappa shape index (κ3) is 5.32. The van der Waals surface area contributed by atoms with Crippen molar-refractivity contribution >= 4 is 21.6 Å². The average molecular weight is 332 g/mol. The molecule has 5 nitrogen and oxygen atoms in total. The largest absolute Gasteiger partial charge is 0.380 e. The monoisotopic (exact) mass is 331 g/mol. The average Bonchev–Trinajstić information content (AvgIpc) is 2.41. The maximum Gasteiger partial charge on any atom is 0.283 e. The summed E-state index contributed by atoms with van der Waals surface area (Å²) < 4.78 is 7.44. The van der Waals surface area contributed by atoms with Crippen LogP contribution in [-0.4, -0.2) is 29.5 Å². The first-order chi connectivity index (χ1) is 9.20. The van der Waals surface area contributed by atoms with E-state index in [4.69, 9.17) is 4.74 Å². The van der Waals surface area contributed by atoms with E-state index in [0.29, 0.717) is 24.2 Å². The lowest BCUT2D eigenvalue weighted by Crippen LogP contribution is -2.25. The molecule has 0 radical (unpaired) electrons. The molecule has 1 aromatic heterocycles. The Hall–Kier alpha value is -0.880. The van der Waals surface area contributed by atoms with Crippen LogP contribution in [0.1, 0.15) is 33.1 Å². The van der Waals surface area contributed by atoms with E-state index in [1.165, 1.54) is 4.68 Å². The number of aryl methyl sites for hydroxylation is 1. The zero-order chi connectivity index (χ0) is 14.1. The first-order valence-electron chi connectivity index (χ1n) is 6.77. The SMILES string of the molecule is CCCCOCCNc1cnn(CCC)c(=O)c1Br. The highest BCUT2D eigenvalue weighted by molar-refractivity contribution is 9.10. The van der Waals surface area contributed by atoms with E-state index in [9.17, 15) is 4.79 Å². The number of rotatable bonds is 9. The van der Waals surface area contributed by atoms with Gasteiger partial charge in [-0.2, -0.15) is 5.10 Å². The predicted molar refractivity (Wildman–Crippen MR) is 80.7 cm³/mol.